The standard InChI is InChI=1S/C21H37N5O.HI/c1-18(26-13-10-19-8-5-6-9-20(19)17-26)16-24-21(22-2)23-11-14-25(3)12-7-15-27-4;/h5-6,8-9,18H,7,10-17H2,1-4H3,(H2,22,23,24);1H. The minimum absolute atomic E-state index is 0. The summed E-state index contributed by atoms with van der Waals surface area (Å²) in [7, 11) is 5.73. The molecule has 0 saturated carbocycles. The lowest BCUT2D eigenvalue weighted by Gasteiger charge is -2.34. The van der Waals surface area contributed by atoms with E-state index in [1.807, 2.05) is 7.05 Å². The predicted molar refractivity (Wildman–Crippen MR) is 129 cm³/mol. The summed E-state index contributed by atoms with van der Waals surface area (Å²) < 4.78 is 5.10. The highest BCUT2D eigenvalue weighted by molar-refractivity contribution is 14.0. The number of nitrogens with zero attached hydrogens (tertiary/aromatic N) is 3. The van der Waals surface area contributed by atoms with Crippen molar-refractivity contribution in [1.82, 2.24) is 20.4 Å². The highest BCUT2D eigenvalue weighted by Crippen LogP contribution is 2.19. The Hall–Kier alpha value is -0.900. The first-order valence-corrected chi connectivity index (χ1v) is 10.1. The molecule has 1 atom stereocenters. The van der Waals surface area contributed by atoms with Crippen molar-refractivity contribution in [3.05, 3.63) is 35.4 Å². The molecule has 28 heavy (non-hydrogen) atoms. The maximum Gasteiger partial charge on any atom is 0.191 e. The number of rotatable bonds is 10. The normalized spacial score (nSPS) is 15.7. The van der Waals surface area contributed by atoms with Gasteiger partial charge in [-0.2, -0.15) is 0 Å². The Morgan fingerprint density at radius 3 is 2.71 bits per heavy atom. The van der Waals surface area contributed by atoms with E-state index in [0.29, 0.717) is 6.04 Å². The molecule has 7 heteroatoms. The van der Waals surface area contributed by atoms with Gasteiger partial charge in [0.2, 0.25) is 0 Å². The van der Waals surface area contributed by atoms with Crippen LogP contribution in [0.1, 0.15) is 24.5 Å². The zero-order valence-electron chi connectivity index (χ0n) is 17.9. The Kier molecular flexibility index (Phi) is 12.7. The number of ether oxygens (including phenoxy) is 1. The summed E-state index contributed by atoms with van der Waals surface area (Å²) in [5, 5.41) is 6.89. The summed E-state index contributed by atoms with van der Waals surface area (Å²) in [4.78, 5) is 9.21. The van der Waals surface area contributed by atoms with E-state index in [0.717, 1.165) is 64.7 Å². The Morgan fingerprint density at radius 2 is 2.00 bits per heavy atom. The molecule has 0 spiro atoms. The molecule has 0 saturated heterocycles. The fraction of sp³-hybridized carbons (Fsp3) is 0.667. The molecule has 0 aromatic heterocycles. The maximum atomic E-state index is 5.10. The van der Waals surface area contributed by atoms with Crippen molar-refractivity contribution in [1.29, 1.82) is 0 Å². The fourth-order valence-corrected chi connectivity index (χ4v) is 3.44. The van der Waals surface area contributed by atoms with E-state index in [1.165, 1.54) is 11.1 Å². The first kappa shape index (κ1) is 25.1. The van der Waals surface area contributed by atoms with E-state index < -0.39 is 0 Å². The monoisotopic (exact) mass is 503 g/mol. The summed E-state index contributed by atoms with van der Waals surface area (Å²) in [6, 6.07) is 9.26. The van der Waals surface area contributed by atoms with Crippen molar-refractivity contribution in [2.45, 2.75) is 32.4 Å². The van der Waals surface area contributed by atoms with E-state index in [4.69, 9.17) is 4.74 Å². The Bertz CT molecular complexity index is 584. The second kappa shape index (κ2) is 14.1. The van der Waals surface area contributed by atoms with Gasteiger partial charge in [0.05, 0.1) is 0 Å². The minimum atomic E-state index is 0. The minimum Gasteiger partial charge on any atom is -0.385 e. The zero-order valence-corrected chi connectivity index (χ0v) is 20.2. The van der Waals surface area contributed by atoms with Gasteiger partial charge in [-0.3, -0.25) is 9.89 Å². The molecule has 1 aliphatic heterocycles. The molecule has 1 heterocycles. The molecule has 1 aliphatic rings. The Labute approximate surface area is 188 Å². The smallest absolute Gasteiger partial charge is 0.191 e. The molecule has 6 nitrogen and oxygen atoms in total. The zero-order chi connectivity index (χ0) is 19.5. The first-order valence-electron chi connectivity index (χ1n) is 10.1. The van der Waals surface area contributed by atoms with Crippen molar-refractivity contribution in [2.75, 3.05) is 60.5 Å². The number of likely N-dealkylation sites (N-methyl/N-ethyl adjacent to an activating group) is 1. The van der Waals surface area contributed by atoms with E-state index in [1.54, 1.807) is 7.11 Å². The largest absolute Gasteiger partial charge is 0.385 e. The average Bonchev–Trinajstić information content (AvgIpc) is 2.70. The predicted octanol–water partition coefficient (Wildman–Crippen LogP) is 2.18. The van der Waals surface area contributed by atoms with Crippen LogP contribution in [-0.4, -0.2) is 82.3 Å². The third-order valence-electron chi connectivity index (χ3n) is 5.25. The van der Waals surface area contributed by atoms with E-state index in [-0.39, 0.29) is 24.0 Å². The first-order chi connectivity index (χ1) is 13.1. The molecule has 0 radical (unpaired) electrons. The van der Waals surface area contributed by atoms with Crippen LogP contribution in [0.2, 0.25) is 0 Å². The van der Waals surface area contributed by atoms with E-state index >= 15 is 0 Å². The topological polar surface area (TPSA) is 52.1 Å². The second-order valence-electron chi connectivity index (χ2n) is 7.37. The number of hydrogen-bond donors (Lipinski definition) is 2. The molecule has 0 bridgehead atoms. The number of aliphatic imine (C=N–C) groups is 1. The van der Waals surface area contributed by atoms with Crippen molar-refractivity contribution >= 4 is 29.9 Å². The summed E-state index contributed by atoms with van der Waals surface area (Å²) in [5.74, 6) is 0.879. The van der Waals surface area contributed by atoms with Crippen LogP contribution in [0.5, 0.6) is 0 Å². The van der Waals surface area contributed by atoms with Crippen LogP contribution >= 0.6 is 24.0 Å². The van der Waals surface area contributed by atoms with Crippen molar-refractivity contribution in [3.8, 4) is 0 Å². The van der Waals surface area contributed by atoms with Gasteiger partial charge in [0.25, 0.3) is 0 Å². The number of hydrogen-bond acceptors (Lipinski definition) is 4. The summed E-state index contributed by atoms with van der Waals surface area (Å²) in [6.45, 7) is 9.09. The van der Waals surface area contributed by atoms with Crippen LogP contribution in [0.25, 0.3) is 0 Å². The summed E-state index contributed by atoms with van der Waals surface area (Å²) in [5.41, 5.74) is 2.97. The van der Waals surface area contributed by atoms with Gasteiger partial charge >= 0.3 is 0 Å². The van der Waals surface area contributed by atoms with Gasteiger partial charge in [-0.15, -0.1) is 24.0 Å². The lowest BCUT2D eigenvalue weighted by Crippen LogP contribution is -2.48. The number of fused-ring (bicyclic) bond motifs is 1. The SMILES string of the molecule is CN=C(NCCN(C)CCCOC)NCC(C)N1CCc2ccccc2C1.I. The fourth-order valence-electron chi connectivity index (χ4n) is 3.44. The summed E-state index contributed by atoms with van der Waals surface area (Å²) >= 11 is 0. The van der Waals surface area contributed by atoms with Gasteiger partial charge in [-0.05, 0) is 37.9 Å². The van der Waals surface area contributed by atoms with Crippen molar-refractivity contribution in [3.63, 3.8) is 0 Å². The third kappa shape index (κ3) is 8.63. The molecule has 2 N–H and O–H groups in total. The molecule has 2 rings (SSSR count). The van der Waals surface area contributed by atoms with Crippen LogP contribution in [0.3, 0.4) is 0 Å². The van der Waals surface area contributed by atoms with Crippen LogP contribution in [0, 0.1) is 0 Å². The Balaban J connectivity index is 0.00000392. The highest BCUT2D eigenvalue weighted by atomic mass is 127. The molecule has 0 fully saturated rings. The van der Waals surface area contributed by atoms with Crippen molar-refractivity contribution in [2.24, 2.45) is 4.99 Å². The maximum absolute atomic E-state index is 5.10. The van der Waals surface area contributed by atoms with Crippen LogP contribution < -0.4 is 10.6 Å². The van der Waals surface area contributed by atoms with E-state index in [2.05, 4.69) is 63.7 Å². The van der Waals surface area contributed by atoms with E-state index in [9.17, 15) is 0 Å². The highest BCUT2D eigenvalue weighted by Gasteiger charge is 2.20. The molecular weight excluding hydrogens is 465 g/mol. The van der Waals surface area contributed by atoms with Crippen LogP contribution in [0.15, 0.2) is 29.3 Å². The van der Waals surface area contributed by atoms with Crippen LogP contribution in [-0.2, 0) is 17.7 Å². The molecule has 1 unspecified atom stereocenters. The third-order valence-corrected chi connectivity index (χ3v) is 5.25. The number of guanidine groups is 1. The molecular formula is C21H38IN5O. The number of halogens is 1. The summed E-state index contributed by atoms with van der Waals surface area (Å²) in [6.07, 6.45) is 2.21. The number of methoxy groups -OCH3 is 1. The molecule has 1 aromatic carbocycles. The van der Waals surface area contributed by atoms with Gasteiger partial charge in [-0.1, -0.05) is 24.3 Å². The number of benzene rings is 1. The molecule has 160 valence electrons. The molecule has 0 aliphatic carbocycles. The number of nitrogens with one attached hydrogen (secondary N) is 2. The molecule has 0 amide bonds. The van der Waals surface area contributed by atoms with Gasteiger partial charge in [0.1, 0.15) is 0 Å². The van der Waals surface area contributed by atoms with Gasteiger partial charge in [-0.25, -0.2) is 0 Å². The lowest BCUT2D eigenvalue weighted by molar-refractivity contribution is 0.180. The van der Waals surface area contributed by atoms with Gasteiger partial charge < -0.3 is 20.3 Å². The second-order valence-corrected chi connectivity index (χ2v) is 7.37. The van der Waals surface area contributed by atoms with Gasteiger partial charge in [0, 0.05) is 66.1 Å². The van der Waals surface area contributed by atoms with Crippen LogP contribution in [0.4, 0.5) is 0 Å². The Morgan fingerprint density at radius 1 is 1.25 bits per heavy atom. The average molecular weight is 503 g/mol. The van der Waals surface area contributed by atoms with Crippen molar-refractivity contribution < 1.29 is 4.74 Å². The molecule has 1 aromatic rings. The lowest BCUT2D eigenvalue weighted by atomic mass is 9.99. The van der Waals surface area contributed by atoms with Gasteiger partial charge in [0.15, 0.2) is 5.96 Å². The quantitative estimate of drug-likeness (QED) is 0.222.